The largest absolute Gasteiger partial charge is 0.449 e. The number of aromatic amines is 1. The summed E-state index contributed by atoms with van der Waals surface area (Å²) in [6, 6.07) is 15.2. The fourth-order valence-electron chi connectivity index (χ4n) is 3.09. The molecular formula is C23H23N3O5. The van der Waals surface area contributed by atoms with E-state index < -0.39 is 23.5 Å². The quantitative estimate of drug-likeness (QED) is 0.595. The number of H-pyrrole nitrogens is 1. The maximum absolute atomic E-state index is 12.6. The fraction of sp³-hybridized carbons (Fsp3) is 0.217. The van der Waals surface area contributed by atoms with Crippen molar-refractivity contribution in [2.45, 2.75) is 20.0 Å². The molecule has 0 unspecified atom stereocenters. The highest BCUT2D eigenvalue weighted by Gasteiger charge is 2.24. The first kappa shape index (κ1) is 21.8. The van der Waals surface area contributed by atoms with Crippen LogP contribution in [0.15, 0.2) is 59.4 Å². The van der Waals surface area contributed by atoms with E-state index in [2.05, 4.69) is 10.3 Å². The number of fused-ring (bicyclic) bond motifs is 1. The molecule has 8 heteroatoms. The third-order valence-corrected chi connectivity index (χ3v) is 4.69. The summed E-state index contributed by atoms with van der Waals surface area (Å²) in [5, 5.41) is 3.22. The van der Waals surface area contributed by atoms with Crippen LogP contribution in [0, 0.1) is 6.92 Å². The molecule has 0 aliphatic carbocycles. The summed E-state index contributed by atoms with van der Waals surface area (Å²) >= 11 is 0. The molecule has 1 heterocycles. The SMILES string of the molecule is Cc1ccc(NC(=O)CN(C)C(=O)[C@H](C)OC(=O)c2cc(=O)[nH]c3ccccc23)cc1. The molecule has 0 aliphatic heterocycles. The van der Waals surface area contributed by atoms with Crippen LogP contribution in [0.1, 0.15) is 22.8 Å². The highest BCUT2D eigenvalue weighted by Crippen LogP contribution is 2.16. The number of rotatable bonds is 6. The number of benzene rings is 2. The van der Waals surface area contributed by atoms with Crippen LogP contribution < -0.4 is 10.9 Å². The number of carbonyl (C=O) groups excluding carboxylic acids is 3. The van der Waals surface area contributed by atoms with Crippen molar-refractivity contribution in [3.05, 3.63) is 76.1 Å². The van der Waals surface area contributed by atoms with Gasteiger partial charge in [-0.3, -0.25) is 14.4 Å². The molecule has 1 atom stereocenters. The van der Waals surface area contributed by atoms with E-state index in [0.717, 1.165) is 11.6 Å². The van der Waals surface area contributed by atoms with Gasteiger partial charge in [0.2, 0.25) is 11.5 Å². The van der Waals surface area contributed by atoms with Gasteiger partial charge in [-0.25, -0.2) is 4.79 Å². The van der Waals surface area contributed by atoms with Crippen LogP contribution in [0.4, 0.5) is 5.69 Å². The zero-order valence-corrected chi connectivity index (χ0v) is 17.5. The molecular weight excluding hydrogens is 398 g/mol. The average molecular weight is 421 g/mol. The van der Waals surface area contributed by atoms with Gasteiger partial charge in [0, 0.05) is 29.7 Å². The van der Waals surface area contributed by atoms with Crippen molar-refractivity contribution in [3.63, 3.8) is 0 Å². The van der Waals surface area contributed by atoms with E-state index >= 15 is 0 Å². The Balaban J connectivity index is 1.63. The number of hydrogen-bond donors (Lipinski definition) is 2. The minimum atomic E-state index is -1.14. The molecule has 3 aromatic rings. The van der Waals surface area contributed by atoms with E-state index in [1.165, 1.54) is 18.9 Å². The van der Waals surface area contributed by atoms with Gasteiger partial charge in [0.05, 0.1) is 12.1 Å². The first-order valence-electron chi connectivity index (χ1n) is 9.69. The number of likely N-dealkylation sites (N-methyl/N-ethyl adjacent to an activating group) is 1. The Bertz CT molecular complexity index is 1180. The lowest BCUT2D eigenvalue weighted by Gasteiger charge is -2.21. The van der Waals surface area contributed by atoms with E-state index in [0.29, 0.717) is 16.6 Å². The summed E-state index contributed by atoms with van der Waals surface area (Å²) in [7, 11) is 1.45. The monoisotopic (exact) mass is 421 g/mol. The molecule has 2 amide bonds. The maximum atomic E-state index is 12.6. The minimum absolute atomic E-state index is 0.0683. The zero-order valence-electron chi connectivity index (χ0n) is 17.5. The van der Waals surface area contributed by atoms with Crippen molar-refractivity contribution in [2.24, 2.45) is 0 Å². The number of amides is 2. The predicted octanol–water partition coefficient (Wildman–Crippen LogP) is 2.48. The second-order valence-corrected chi connectivity index (χ2v) is 7.25. The first-order chi connectivity index (χ1) is 14.7. The van der Waals surface area contributed by atoms with Gasteiger partial charge in [0.1, 0.15) is 0 Å². The summed E-state index contributed by atoms with van der Waals surface area (Å²) in [5.74, 6) is -1.71. The summed E-state index contributed by atoms with van der Waals surface area (Å²) in [4.78, 5) is 53.1. The van der Waals surface area contributed by atoms with Gasteiger partial charge in [-0.15, -0.1) is 0 Å². The molecule has 0 fully saturated rings. The van der Waals surface area contributed by atoms with Crippen LogP contribution in [0.3, 0.4) is 0 Å². The van der Waals surface area contributed by atoms with Gasteiger partial charge in [-0.05, 0) is 32.0 Å². The highest BCUT2D eigenvalue weighted by molar-refractivity contribution is 6.04. The summed E-state index contributed by atoms with van der Waals surface area (Å²) in [6.45, 7) is 3.15. The number of anilines is 1. The van der Waals surface area contributed by atoms with Crippen molar-refractivity contribution >= 4 is 34.4 Å². The topological polar surface area (TPSA) is 109 Å². The number of esters is 1. The van der Waals surface area contributed by atoms with Crippen LogP contribution in [0.5, 0.6) is 0 Å². The molecule has 31 heavy (non-hydrogen) atoms. The summed E-state index contributed by atoms with van der Waals surface area (Å²) in [5.41, 5.74) is 1.80. The smallest absolute Gasteiger partial charge is 0.339 e. The number of para-hydroxylation sites is 1. The average Bonchev–Trinajstić information content (AvgIpc) is 2.73. The lowest BCUT2D eigenvalue weighted by Crippen LogP contribution is -2.41. The number of carbonyl (C=O) groups is 3. The zero-order chi connectivity index (χ0) is 22.5. The molecule has 0 spiro atoms. The molecule has 0 saturated heterocycles. The maximum Gasteiger partial charge on any atom is 0.339 e. The van der Waals surface area contributed by atoms with E-state index in [4.69, 9.17) is 4.74 Å². The number of aromatic nitrogens is 1. The number of nitrogens with zero attached hydrogens (tertiary/aromatic N) is 1. The van der Waals surface area contributed by atoms with Crippen LogP contribution in [-0.4, -0.2) is 47.4 Å². The van der Waals surface area contributed by atoms with E-state index in [1.807, 2.05) is 19.1 Å². The van der Waals surface area contributed by atoms with Crippen molar-refractivity contribution in [3.8, 4) is 0 Å². The van der Waals surface area contributed by atoms with Crippen molar-refractivity contribution in [1.29, 1.82) is 0 Å². The molecule has 0 aliphatic rings. The molecule has 0 radical (unpaired) electrons. The van der Waals surface area contributed by atoms with Gasteiger partial charge in [0.25, 0.3) is 5.91 Å². The standard InChI is InChI=1S/C23H23N3O5/c1-14-8-10-16(11-9-14)24-21(28)13-26(3)22(29)15(2)31-23(30)18-12-20(27)25-19-7-5-4-6-17(18)19/h4-12,15H,13H2,1-3H3,(H,24,28)(H,25,27)/t15-/m0/s1. The fourth-order valence-corrected chi connectivity index (χ4v) is 3.09. The Morgan fingerprint density at radius 1 is 1.10 bits per heavy atom. The highest BCUT2D eigenvalue weighted by atomic mass is 16.5. The molecule has 0 saturated carbocycles. The molecule has 160 valence electrons. The summed E-state index contributed by atoms with van der Waals surface area (Å²) < 4.78 is 5.28. The Morgan fingerprint density at radius 3 is 2.48 bits per heavy atom. The van der Waals surface area contributed by atoms with E-state index in [9.17, 15) is 19.2 Å². The van der Waals surface area contributed by atoms with Gasteiger partial charge in [-0.2, -0.15) is 0 Å². The van der Waals surface area contributed by atoms with Crippen molar-refractivity contribution in [2.75, 3.05) is 18.9 Å². The predicted molar refractivity (Wildman–Crippen MR) is 117 cm³/mol. The molecule has 0 bridgehead atoms. The van der Waals surface area contributed by atoms with Crippen LogP contribution >= 0.6 is 0 Å². The van der Waals surface area contributed by atoms with E-state index in [1.54, 1.807) is 36.4 Å². The van der Waals surface area contributed by atoms with Gasteiger partial charge in [-0.1, -0.05) is 35.9 Å². The molecule has 2 aromatic carbocycles. The second kappa shape index (κ2) is 9.25. The first-order valence-corrected chi connectivity index (χ1v) is 9.69. The number of aryl methyl sites for hydroxylation is 1. The third-order valence-electron chi connectivity index (χ3n) is 4.69. The minimum Gasteiger partial charge on any atom is -0.449 e. The lowest BCUT2D eigenvalue weighted by atomic mass is 10.1. The second-order valence-electron chi connectivity index (χ2n) is 7.25. The van der Waals surface area contributed by atoms with E-state index in [-0.39, 0.29) is 18.0 Å². The molecule has 3 rings (SSSR count). The van der Waals surface area contributed by atoms with Gasteiger partial charge in [0.15, 0.2) is 6.10 Å². The van der Waals surface area contributed by atoms with Crippen molar-refractivity contribution in [1.82, 2.24) is 9.88 Å². The number of ether oxygens (including phenoxy) is 1. The molecule has 8 nitrogen and oxygen atoms in total. The van der Waals surface area contributed by atoms with Crippen molar-refractivity contribution < 1.29 is 19.1 Å². The number of nitrogens with one attached hydrogen (secondary N) is 2. The lowest BCUT2D eigenvalue weighted by molar-refractivity contribution is -0.140. The van der Waals surface area contributed by atoms with Crippen LogP contribution in [0.25, 0.3) is 10.9 Å². The Morgan fingerprint density at radius 2 is 1.77 bits per heavy atom. The summed E-state index contributed by atoms with van der Waals surface area (Å²) in [6.07, 6.45) is -1.14. The molecule has 2 N–H and O–H groups in total. The van der Waals surface area contributed by atoms with Gasteiger partial charge < -0.3 is 19.9 Å². The molecule has 1 aromatic heterocycles. The van der Waals surface area contributed by atoms with Crippen LogP contribution in [0.2, 0.25) is 0 Å². The Hall–Kier alpha value is -3.94. The number of hydrogen-bond acceptors (Lipinski definition) is 5. The normalized spacial score (nSPS) is 11.6. The Labute approximate surface area is 178 Å². The Kier molecular flexibility index (Phi) is 6.49. The van der Waals surface area contributed by atoms with Crippen LogP contribution in [-0.2, 0) is 14.3 Å². The van der Waals surface area contributed by atoms with Gasteiger partial charge >= 0.3 is 5.97 Å². The number of pyridine rings is 1. The third kappa shape index (κ3) is 5.36.